The quantitative estimate of drug-likeness (QED) is 0.621. The van der Waals surface area contributed by atoms with Crippen molar-refractivity contribution in [2.24, 2.45) is 0 Å². The van der Waals surface area contributed by atoms with Crippen LogP contribution in [0.25, 0.3) is 10.8 Å². The van der Waals surface area contributed by atoms with Gasteiger partial charge in [-0.05, 0) is 24.4 Å². The summed E-state index contributed by atoms with van der Waals surface area (Å²) in [6.07, 6.45) is 0. The summed E-state index contributed by atoms with van der Waals surface area (Å²) < 4.78 is 19.7. The molecule has 0 bridgehead atoms. The molecular weight excluding hydrogens is 279 g/mol. The van der Waals surface area contributed by atoms with Crippen molar-refractivity contribution in [1.29, 1.82) is 0 Å². The number of hydrogen-bond acceptors (Lipinski definition) is 2. The monoisotopic (exact) mass is 292 g/mol. The molecule has 0 radical (unpaired) electrons. The van der Waals surface area contributed by atoms with Crippen LogP contribution in [0.2, 0.25) is 0 Å². The second-order valence-electron chi connectivity index (χ2n) is 5.61. The highest BCUT2D eigenvalue weighted by atomic mass is 19.1. The number of hydrogen-bond donors (Lipinski definition) is 0. The first kappa shape index (κ1) is 13.0. The number of fused-ring (bicyclic) bond motifs is 2. The SMILES string of the molecule is CC1(c2ccc(F)c3ccccc23)OC(=O)c2ccccc21. The van der Waals surface area contributed by atoms with E-state index in [1.165, 1.54) is 6.07 Å². The van der Waals surface area contributed by atoms with Gasteiger partial charge in [-0.1, -0.05) is 48.5 Å². The summed E-state index contributed by atoms with van der Waals surface area (Å²) in [6.45, 7) is 1.86. The molecule has 0 aliphatic carbocycles. The molecule has 0 saturated heterocycles. The molecule has 1 atom stereocenters. The Morgan fingerprint density at radius 3 is 2.36 bits per heavy atom. The maximum absolute atomic E-state index is 14.0. The van der Waals surface area contributed by atoms with Gasteiger partial charge in [-0.25, -0.2) is 9.18 Å². The molecule has 22 heavy (non-hydrogen) atoms. The Kier molecular flexibility index (Phi) is 2.61. The summed E-state index contributed by atoms with van der Waals surface area (Å²) >= 11 is 0. The molecule has 0 aromatic heterocycles. The normalized spacial score (nSPS) is 20.0. The van der Waals surface area contributed by atoms with Gasteiger partial charge in [-0.3, -0.25) is 0 Å². The van der Waals surface area contributed by atoms with Gasteiger partial charge in [0, 0.05) is 16.5 Å². The van der Waals surface area contributed by atoms with Crippen LogP contribution in [-0.2, 0) is 10.3 Å². The summed E-state index contributed by atoms with van der Waals surface area (Å²) in [5.41, 5.74) is 1.28. The molecule has 3 aromatic rings. The second-order valence-corrected chi connectivity index (χ2v) is 5.61. The fraction of sp³-hybridized carbons (Fsp3) is 0.105. The summed E-state index contributed by atoms with van der Waals surface area (Å²) in [7, 11) is 0. The summed E-state index contributed by atoms with van der Waals surface area (Å²) in [6, 6.07) is 17.7. The molecule has 0 fully saturated rings. The molecular formula is C19H13FO2. The van der Waals surface area contributed by atoms with E-state index in [0.717, 1.165) is 16.5 Å². The van der Waals surface area contributed by atoms with Gasteiger partial charge >= 0.3 is 5.97 Å². The molecule has 0 amide bonds. The zero-order valence-electron chi connectivity index (χ0n) is 12.0. The van der Waals surface area contributed by atoms with Crippen LogP contribution in [0.5, 0.6) is 0 Å². The highest BCUT2D eigenvalue weighted by Gasteiger charge is 2.43. The zero-order valence-corrected chi connectivity index (χ0v) is 12.0. The smallest absolute Gasteiger partial charge is 0.339 e. The predicted octanol–water partition coefficient (Wildman–Crippen LogP) is 4.41. The van der Waals surface area contributed by atoms with Crippen molar-refractivity contribution >= 4 is 16.7 Å². The van der Waals surface area contributed by atoms with E-state index in [-0.39, 0.29) is 11.8 Å². The first-order chi connectivity index (χ1) is 10.6. The third-order valence-electron chi connectivity index (χ3n) is 4.34. The molecule has 4 rings (SSSR count). The first-order valence-corrected chi connectivity index (χ1v) is 7.12. The van der Waals surface area contributed by atoms with Gasteiger partial charge in [-0.15, -0.1) is 0 Å². The fourth-order valence-corrected chi connectivity index (χ4v) is 3.25. The average molecular weight is 292 g/mol. The molecule has 2 nitrogen and oxygen atoms in total. The maximum atomic E-state index is 14.0. The van der Waals surface area contributed by atoms with Crippen LogP contribution in [0.4, 0.5) is 4.39 Å². The Hall–Kier alpha value is -2.68. The Morgan fingerprint density at radius 1 is 0.864 bits per heavy atom. The lowest BCUT2D eigenvalue weighted by Crippen LogP contribution is -2.24. The van der Waals surface area contributed by atoms with E-state index in [0.29, 0.717) is 10.9 Å². The molecule has 1 heterocycles. The number of benzene rings is 3. The molecule has 3 heteroatoms. The average Bonchev–Trinajstić information content (AvgIpc) is 2.80. The van der Waals surface area contributed by atoms with Crippen molar-refractivity contribution in [3.63, 3.8) is 0 Å². The zero-order chi connectivity index (χ0) is 15.3. The van der Waals surface area contributed by atoms with E-state index in [1.54, 1.807) is 24.3 Å². The highest BCUT2D eigenvalue weighted by Crippen LogP contribution is 2.44. The minimum absolute atomic E-state index is 0.277. The summed E-state index contributed by atoms with van der Waals surface area (Å²) in [5, 5.41) is 1.29. The van der Waals surface area contributed by atoms with Crippen LogP contribution < -0.4 is 0 Å². The number of esters is 1. The molecule has 108 valence electrons. The van der Waals surface area contributed by atoms with E-state index in [2.05, 4.69) is 0 Å². The largest absolute Gasteiger partial charge is 0.446 e. The third-order valence-corrected chi connectivity index (χ3v) is 4.34. The van der Waals surface area contributed by atoms with Crippen molar-refractivity contribution in [2.45, 2.75) is 12.5 Å². The molecule has 1 aliphatic heterocycles. The van der Waals surface area contributed by atoms with Crippen molar-refractivity contribution in [3.8, 4) is 0 Å². The number of rotatable bonds is 1. The van der Waals surface area contributed by atoms with Crippen molar-refractivity contribution < 1.29 is 13.9 Å². The Morgan fingerprint density at radius 2 is 1.55 bits per heavy atom. The number of carbonyl (C=O) groups excluding carboxylic acids is 1. The van der Waals surface area contributed by atoms with E-state index in [4.69, 9.17) is 4.74 Å². The number of carbonyl (C=O) groups is 1. The lowest BCUT2D eigenvalue weighted by atomic mass is 9.84. The van der Waals surface area contributed by atoms with Gasteiger partial charge < -0.3 is 4.74 Å². The van der Waals surface area contributed by atoms with Gasteiger partial charge in [0.25, 0.3) is 0 Å². The number of halogens is 1. The molecule has 3 aromatic carbocycles. The van der Waals surface area contributed by atoms with Crippen molar-refractivity contribution in [2.75, 3.05) is 0 Å². The minimum atomic E-state index is -0.902. The minimum Gasteiger partial charge on any atom is -0.446 e. The van der Waals surface area contributed by atoms with Gasteiger partial charge in [0.2, 0.25) is 0 Å². The number of cyclic esters (lactones) is 1. The van der Waals surface area contributed by atoms with Crippen molar-refractivity contribution in [1.82, 2.24) is 0 Å². The van der Waals surface area contributed by atoms with Crippen LogP contribution in [0.3, 0.4) is 0 Å². The molecule has 1 unspecified atom stereocenters. The van der Waals surface area contributed by atoms with E-state index < -0.39 is 5.60 Å². The first-order valence-electron chi connectivity index (χ1n) is 7.12. The Balaban J connectivity index is 2.05. The summed E-state index contributed by atoms with van der Waals surface area (Å²) in [5.74, 6) is -0.618. The van der Waals surface area contributed by atoms with Gasteiger partial charge in [0.05, 0.1) is 5.56 Å². The third kappa shape index (κ3) is 1.62. The van der Waals surface area contributed by atoms with Gasteiger partial charge in [-0.2, -0.15) is 0 Å². The van der Waals surface area contributed by atoms with Crippen LogP contribution in [-0.4, -0.2) is 5.97 Å². The van der Waals surface area contributed by atoms with Gasteiger partial charge in [0.1, 0.15) is 5.82 Å². The van der Waals surface area contributed by atoms with E-state index in [9.17, 15) is 9.18 Å². The van der Waals surface area contributed by atoms with Crippen LogP contribution >= 0.6 is 0 Å². The van der Waals surface area contributed by atoms with Crippen LogP contribution in [0.1, 0.15) is 28.4 Å². The van der Waals surface area contributed by atoms with Crippen molar-refractivity contribution in [3.05, 3.63) is 83.2 Å². The Bertz CT molecular complexity index is 916. The molecule has 0 N–H and O–H groups in total. The maximum Gasteiger partial charge on any atom is 0.339 e. The second kappa shape index (κ2) is 4.41. The standard InChI is InChI=1S/C19H13FO2/c1-19(15-9-5-4-8-14(15)18(21)22-19)16-10-11-17(20)13-7-3-2-6-12(13)16/h2-11H,1H3. The molecule has 0 spiro atoms. The lowest BCUT2D eigenvalue weighted by molar-refractivity contribution is 0.0185. The van der Waals surface area contributed by atoms with E-state index in [1.807, 2.05) is 37.3 Å². The summed E-state index contributed by atoms with van der Waals surface area (Å²) in [4.78, 5) is 12.2. The van der Waals surface area contributed by atoms with Crippen LogP contribution in [0.15, 0.2) is 60.7 Å². The fourth-order valence-electron chi connectivity index (χ4n) is 3.25. The molecule has 1 aliphatic rings. The molecule has 0 saturated carbocycles. The number of ether oxygens (including phenoxy) is 1. The highest BCUT2D eigenvalue weighted by molar-refractivity contribution is 5.97. The lowest BCUT2D eigenvalue weighted by Gasteiger charge is -2.26. The van der Waals surface area contributed by atoms with Crippen LogP contribution in [0, 0.1) is 5.82 Å². The van der Waals surface area contributed by atoms with E-state index >= 15 is 0 Å². The van der Waals surface area contributed by atoms with Gasteiger partial charge in [0.15, 0.2) is 5.60 Å². The topological polar surface area (TPSA) is 26.3 Å². The predicted molar refractivity (Wildman–Crippen MR) is 82.2 cm³/mol. The Labute approximate surface area is 127 Å².